The van der Waals surface area contributed by atoms with E-state index in [4.69, 9.17) is 9.05 Å². The van der Waals surface area contributed by atoms with Crippen LogP contribution < -0.4 is 10.2 Å². The van der Waals surface area contributed by atoms with Gasteiger partial charge < -0.3 is 28.8 Å². The molecule has 55 heavy (non-hydrogen) atoms. The van der Waals surface area contributed by atoms with Crippen LogP contribution in [0.25, 0.3) is 0 Å². The van der Waals surface area contributed by atoms with E-state index in [2.05, 4.69) is 104 Å². The molecule has 0 saturated heterocycles. The zero-order chi connectivity index (χ0) is 40.7. The van der Waals surface area contributed by atoms with Gasteiger partial charge >= 0.3 is 0 Å². The van der Waals surface area contributed by atoms with Gasteiger partial charge in [0, 0.05) is 6.42 Å². The third kappa shape index (κ3) is 39.5. The average Bonchev–Trinajstić information content (AvgIpc) is 3.13. The normalized spacial score (nSPS) is 15.4. The molecule has 0 aliphatic rings. The Morgan fingerprint density at radius 2 is 1.11 bits per heavy atom. The Bertz CT molecular complexity index is 1210. The summed E-state index contributed by atoms with van der Waals surface area (Å²) in [6, 6.07) is -0.900. The Labute approximate surface area is 337 Å². The van der Waals surface area contributed by atoms with Crippen molar-refractivity contribution in [1.82, 2.24) is 5.32 Å². The molecule has 8 nitrogen and oxygen atoms in total. The summed E-state index contributed by atoms with van der Waals surface area (Å²) in [4.78, 5) is 25.1. The topological polar surface area (TPSA) is 108 Å². The van der Waals surface area contributed by atoms with Gasteiger partial charge in [-0.05, 0) is 77.0 Å². The number of nitrogens with zero attached hydrogens (tertiary/aromatic N) is 1. The predicted octanol–water partition coefficient (Wildman–Crippen LogP) is 10.9. The van der Waals surface area contributed by atoms with Gasteiger partial charge in [-0.25, -0.2) is 0 Å². The van der Waals surface area contributed by atoms with Crippen LogP contribution in [0.1, 0.15) is 136 Å². The summed E-state index contributed by atoms with van der Waals surface area (Å²) in [6.07, 6.45) is 52.0. The number of hydrogen-bond acceptors (Lipinski definition) is 6. The summed E-state index contributed by atoms with van der Waals surface area (Å²) in [5.41, 5.74) is 0. The number of likely N-dealkylation sites (N-methyl/N-ethyl adjacent to an activating group) is 1. The molecule has 0 heterocycles. The van der Waals surface area contributed by atoms with Gasteiger partial charge in [-0.3, -0.25) is 9.36 Å². The van der Waals surface area contributed by atoms with Gasteiger partial charge in [0.05, 0.1) is 39.9 Å². The van der Waals surface area contributed by atoms with Gasteiger partial charge in [-0.1, -0.05) is 150 Å². The van der Waals surface area contributed by atoms with E-state index in [0.29, 0.717) is 17.4 Å². The lowest BCUT2D eigenvalue weighted by molar-refractivity contribution is -0.870. The first-order chi connectivity index (χ1) is 26.5. The molecule has 9 heteroatoms. The van der Waals surface area contributed by atoms with Crippen molar-refractivity contribution in [3.63, 3.8) is 0 Å². The molecule has 0 bridgehead atoms. The number of carbonyl (C=O) groups excluding carboxylic acids is 1. The van der Waals surface area contributed by atoms with Crippen LogP contribution in [0.15, 0.2) is 97.2 Å². The molecule has 1 amide bonds. The summed E-state index contributed by atoms with van der Waals surface area (Å²) >= 11 is 0. The van der Waals surface area contributed by atoms with Crippen molar-refractivity contribution in [3.8, 4) is 0 Å². The summed E-state index contributed by atoms with van der Waals surface area (Å²) in [6.45, 7) is 4.39. The van der Waals surface area contributed by atoms with Crippen molar-refractivity contribution in [2.45, 2.75) is 148 Å². The van der Waals surface area contributed by atoms with Gasteiger partial charge in [-0.15, -0.1) is 0 Å². The molecule has 0 aliphatic heterocycles. The highest BCUT2D eigenvalue weighted by Crippen LogP contribution is 2.38. The first-order valence-corrected chi connectivity index (χ1v) is 22.6. The van der Waals surface area contributed by atoms with E-state index < -0.39 is 26.6 Å². The molecule has 3 unspecified atom stereocenters. The largest absolute Gasteiger partial charge is 0.756 e. The number of allylic oxidation sites excluding steroid dienone is 15. The lowest BCUT2D eigenvalue weighted by Gasteiger charge is -2.29. The summed E-state index contributed by atoms with van der Waals surface area (Å²) in [5.74, 6) is -0.229. The Morgan fingerprint density at radius 3 is 1.62 bits per heavy atom. The molecule has 0 spiro atoms. The quantitative estimate of drug-likeness (QED) is 0.0283. The van der Waals surface area contributed by atoms with Crippen LogP contribution in [0.3, 0.4) is 0 Å². The van der Waals surface area contributed by atoms with Crippen molar-refractivity contribution in [1.29, 1.82) is 0 Å². The smallest absolute Gasteiger partial charge is 0.268 e. The van der Waals surface area contributed by atoms with E-state index in [-0.39, 0.29) is 12.5 Å². The van der Waals surface area contributed by atoms with Crippen LogP contribution in [0.5, 0.6) is 0 Å². The molecule has 0 saturated carbocycles. The molecule has 2 N–H and O–H groups in total. The predicted molar refractivity (Wildman–Crippen MR) is 233 cm³/mol. The Hall–Kier alpha value is -2.58. The first kappa shape index (κ1) is 52.4. The van der Waals surface area contributed by atoms with Gasteiger partial charge in [-0.2, -0.15) is 0 Å². The maximum absolute atomic E-state index is 12.7. The SMILES string of the molecule is CC/C=C\C/C=C\C/C=C\C/C=C\C/C=C\C/C=C\C/C=C\CCCCCCCC(=O)NC(COP(=O)([O-])OCC[N+](C)(C)C)C(O)/C=C/CCCCCC. The molecular formula is C46H79N2O6P. The van der Waals surface area contributed by atoms with Crippen molar-refractivity contribution < 1.29 is 32.9 Å². The molecule has 0 fully saturated rings. The number of aliphatic hydroxyl groups excluding tert-OH is 1. The van der Waals surface area contributed by atoms with E-state index in [9.17, 15) is 19.4 Å². The zero-order valence-electron chi connectivity index (χ0n) is 35.3. The number of hydrogen-bond donors (Lipinski definition) is 2. The molecule has 0 aromatic rings. The van der Waals surface area contributed by atoms with Gasteiger partial charge in [0.2, 0.25) is 5.91 Å². The third-order valence-electron chi connectivity index (χ3n) is 8.55. The monoisotopic (exact) mass is 787 g/mol. The minimum Gasteiger partial charge on any atom is -0.756 e. The fourth-order valence-corrected chi connectivity index (χ4v) is 5.91. The van der Waals surface area contributed by atoms with E-state index in [0.717, 1.165) is 109 Å². The van der Waals surface area contributed by atoms with Crippen molar-refractivity contribution in [2.75, 3.05) is 40.9 Å². The summed E-state index contributed by atoms with van der Waals surface area (Å²) in [7, 11) is 1.22. The molecule has 314 valence electrons. The molecule has 0 aliphatic carbocycles. The number of rotatable bonds is 36. The standard InChI is InChI=1S/C46H79N2O6P/c1-6-8-10-12-14-15-16-17-18-19-20-21-22-23-24-25-26-27-28-29-30-31-32-33-34-36-38-40-46(50)47-44(45(49)39-37-35-13-11-9-7-2)43-54-55(51,52)53-42-41-48(3,4)5/h8,10,14-15,17-18,20-21,23-24,26-27,29-30,37,39,44-45,49H,6-7,9,11-13,16,19,22,25,28,31-36,38,40-43H2,1-5H3,(H-,47,50,51,52)/b10-8-,15-14-,18-17-,21-20-,24-23-,27-26-,30-29-,39-37+. The zero-order valence-corrected chi connectivity index (χ0v) is 36.2. The molecule has 3 atom stereocenters. The number of quaternary nitrogens is 1. The van der Waals surface area contributed by atoms with Crippen molar-refractivity contribution in [3.05, 3.63) is 97.2 Å². The highest BCUT2D eigenvalue weighted by atomic mass is 31.2. The second kappa shape index (κ2) is 37.0. The average molecular weight is 787 g/mol. The Morgan fingerprint density at radius 1 is 0.655 bits per heavy atom. The van der Waals surface area contributed by atoms with Gasteiger partial charge in [0.1, 0.15) is 13.2 Å². The van der Waals surface area contributed by atoms with Crippen LogP contribution in [0.4, 0.5) is 0 Å². The second-order valence-corrected chi connectivity index (χ2v) is 16.4. The minimum absolute atomic E-state index is 0.0118. The molecule has 0 aromatic heterocycles. The minimum atomic E-state index is -4.59. The van der Waals surface area contributed by atoms with E-state index in [1.165, 1.54) is 6.42 Å². The Kier molecular flexibility index (Phi) is 35.3. The number of carbonyl (C=O) groups is 1. The molecule has 0 aromatic carbocycles. The number of phosphoric ester groups is 1. The lowest BCUT2D eigenvalue weighted by atomic mass is 10.1. The van der Waals surface area contributed by atoms with Crippen molar-refractivity contribution in [2.24, 2.45) is 0 Å². The number of nitrogens with one attached hydrogen (secondary N) is 1. The van der Waals surface area contributed by atoms with Gasteiger partial charge in [0.25, 0.3) is 7.82 Å². The van der Waals surface area contributed by atoms with Gasteiger partial charge in [0.15, 0.2) is 0 Å². The summed E-state index contributed by atoms with van der Waals surface area (Å²) < 4.78 is 23.0. The van der Waals surface area contributed by atoms with E-state index >= 15 is 0 Å². The van der Waals surface area contributed by atoms with Crippen LogP contribution in [0.2, 0.25) is 0 Å². The van der Waals surface area contributed by atoms with E-state index in [1.807, 2.05) is 27.2 Å². The fourth-order valence-electron chi connectivity index (χ4n) is 5.19. The number of amides is 1. The second-order valence-electron chi connectivity index (χ2n) is 15.0. The Balaban J connectivity index is 4.23. The number of aliphatic hydroxyl groups is 1. The van der Waals surface area contributed by atoms with Crippen LogP contribution in [-0.4, -0.2) is 68.5 Å². The fraction of sp³-hybridized carbons (Fsp3) is 0.630. The molecule has 0 rings (SSSR count). The molecule has 0 radical (unpaired) electrons. The van der Waals surface area contributed by atoms with Crippen LogP contribution in [0, 0.1) is 0 Å². The highest BCUT2D eigenvalue weighted by Gasteiger charge is 2.23. The molecular weight excluding hydrogens is 707 g/mol. The number of phosphoric acid groups is 1. The summed E-state index contributed by atoms with van der Waals surface area (Å²) in [5, 5.41) is 13.6. The lowest BCUT2D eigenvalue weighted by Crippen LogP contribution is -2.45. The van der Waals surface area contributed by atoms with Crippen LogP contribution >= 0.6 is 7.82 Å². The maximum atomic E-state index is 12.7. The maximum Gasteiger partial charge on any atom is 0.268 e. The van der Waals surface area contributed by atoms with Crippen LogP contribution in [-0.2, 0) is 18.4 Å². The first-order valence-electron chi connectivity index (χ1n) is 21.1. The van der Waals surface area contributed by atoms with Crippen molar-refractivity contribution >= 4 is 13.7 Å². The number of unbranched alkanes of at least 4 members (excludes halogenated alkanes) is 9. The van der Waals surface area contributed by atoms with E-state index in [1.54, 1.807) is 6.08 Å². The highest BCUT2D eigenvalue weighted by molar-refractivity contribution is 7.45. The third-order valence-corrected chi connectivity index (χ3v) is 9.51.